The lowest BCUT2D eigenvalue weighted by Crippen LogP contribution is -2.41. The van der Waals surface area contributed by atoms with Gasteiger partial charge in [-0.05, 0) is 25.0 Å². The summed E-state index contributed by atoms with van der Waals surface area (Å²) in [6.45, 7) is 0. The van der Waals surface area contributed by atoms with Crippen molar-refractivity contribution in [2.45, 2.75) is 50.9 Å². The van der Waals surface area contributed by atoms with Gasteiger partial charge in [0.05, 0.1) is 0 Å². The lowest BCUT2D eigenvalue weighted by atomic mass is 9.86. The number of carbonyl (C=O) groups excluding carboxylic acids is 1. The molecular weight excluding hydrogens is 260 g/mol. The van der Waals surface area contributed by atoms with Crippen LogP contribution in [0.3, 0.4) is 0 Å². The number of halogens is 2. The second-order valence-corrected chi connectivity index (χ2v) is 5.49. The first kappa shape index (κ1) is 14.9. The molecule has 1 N–H and O–H groups in total. The molecule has 0 atom stereocenters. The number of para-hydroxylation sites is 1. The Morgan fingerprint density at radius 1 is 1.00 bits per heavy atom. The maximum atomic E-state index is 14.3. The zero-order valence-corrected chi connectivity index (χ0v) is 11.6. The summed E-state index contributed by atoms with van der Waals surface area (Å²) in [5.41, 5.74) is 0.419. The van der Waals surface area contributed by atoms with Crippen LogP contribution < -0.4 is 5.32 Å². The highest BCUT2D eigenvalue weighted by molar-refractivity contribution is 5.96. The summed E-state index contributed by atoms with van der Waals surface area (Å²) in [5.74, 6) is -5.28. The SMILES string of the molecule is O=C(Nc1ccccc1)C(F)(F)C1CCCCCCC1. The molecule has 1 aliphatic carbocycles. The number of amides is 1. The lowest BCUT2D eigenvalue weighted by molar-refractivity contribution is -0.149. The van der Waals surface area contributed by atoms with E-state index in [9.17, 15) is 13.6 Å². The molecule has 0 aliphatic heterocycles. The smallest absolute Gasteiger partial charge is 0.321 e. The molecule has 1 aromatic rings. The van der Waals surface area contributed by atoms with Crippen LogP contribution in [0, 0.1) is 5.92 Å². The van der Waals surface area contributed by atoms with Gasteiger partial charge in [0.1, 0.15) is 0 Å². The molecular formula is C16H21F2NO. The Labute approximate surface area is 118 Å². The average Bonchev–Trinajstić information content (AvgIpc) is 2.39. The molecule has 20 heavy (non-hydrogen) atoms. The Bertz CT molecular complexity index is 425. The van der Waals surface area contributed by atoms with Gasteiger partial charge >= 0.3 is 5.92 Å². The average molecular weight is 281 g/mol. The van der Waals surface area contributed by atoms with Crippen LogP contribution in [-0.4, -0.2) is 11.8 Å². The quantitative estimate of drug-likeness (QED) is 0.860. The van der Waals surface area contributed by atoms with Gasteiger partial charge in [0.15, 0.2) is 0 Å². The molecule has 2 nitrogen and oxygen atoms in total. The number of anilines is 1. The van der Waals surface area contributed by atoms with Crippen LogP contribution in [0.1, 0.15) is 44.9 Å². The predicted octanol–water partition coefficient (Wildman–Crippen LogP) is 4.62. The topological polar surface area (TPSA) is 29.1 Å². The fraction of sp³-hybridized carbons (Fsp3) is 0.562. The highest BCUT2D eigenvalue weighted by Gasteiger charge is 2.46. The molecule has 0 saturated heterocycles. The molecule has 1 amide bonds. The molecule has 0 aromatic heterocycles. The minimum Gasteiger partial charge on any atom is -0.321 e. The first-order chi connectivity index (χ1) is 9.60. The van der Waals surface area contributed by atoms with E-state index in [1.165, 1.54) is 0 Å². The summed E-state index contributed by atoms with van der Waals surface area (Å²) >= 11 is 0. The van der Waals surface area contributed by atoms with E-state index in [4.69, 9.17) is 0 Å². The molecule has 0 heterocycles. The van der Waals surface area contributed by atoms with E-state index in [0.717, 1.165) is 32.1 Å². The number of hydrogen-bond donors (Lipinski definition) is 1. The second kappa shape index (κ2) is 6.82. The van der Waals surface area contributed by atoms with Crippen LogP contribution in [0.15, 0.2) is 30.3 Å². The van der Waals surface area contributed by atoms with Gasteiger partial charge in [-0.15, -0.1) is 0 Å². The van der Waals surface area contributed by atoms with Gasteiger partial charge in [-0.3, -0.25) is 4.79 Å². The van der Waals surface area contributed by atoms with E-state index in [1.807, 2.05) is 0 Å². The Hall–Kier alpha value is -1.45. The fourth-order valence-electron chi connectivity index (χ4n) is 2.74. The van der Waals surface area contributed by atoms with Crippen LogP contribution in [0.5, 0.6) is 0 Å². The van der Waals surface area contributed by atoms with Crippen molar-refractivity contribution < 1.29 is 13.6 Å². The van der Waals surface area contributed by atoms with E-state index in [0.29, 0.717) is 18.5 Å². The number of alkyl halides is 2. The molecule has 0 spiro atoms. The maximum absolute atomic E-state index is 14.3. The second-order valence-electron chi connectivity index (χ2n) is 5.49. The molecule has 1 saturated carbocycles. The minimum absolute atomic E-state index is 0.419. The zero-order valence-electron chi connectivity index (χ0n) is 11.6. The van der Waals surface area contributed by atoms with Crippen molar-refractivity contribution in [3.05, 3.63) is 30.3 Å². The zero-order chi connectivity index (χ0) is 14.4. The summed E-state index contributed by atoms with van der Waals surface area (Å²) in [6, 6.07) is 8.44. The van der Waals surface area contributed by atoms with Gasteiger partial charge in [-0.25, -0.2) is 0 Å². The molecule has 110 valence electrons. The minimum atomic E-state index is -3.28. The third kappa shape index (κ3) is 3.78. The van der Waals surface area contributed by atoms with Gasteiger partial charge < -0.3 is 5.32 Å². The standard InChI is InChI=1S/C16H21F2NO/c17-16(18,13-9-5-2-1-3-6-10-13)15(20)19-14-11-7-4-8-12-14/h4,7-8,11-13H,1-3,5-6,9-10H2,(H,19,20). The third-order valence-electron chi connectivity index (χ3n) is 3.95. The van der Waals surface area contributed by atoms with Crippen LogP contribution in [0.2, 0.25) is 0 Å². The van der Waals surface area contributed by atoms with Crippen molar-refractivity contribution in [3.63, 3.8) is 0 Å². The third-order valence-corrected chi connectivity index (χ3v) is 3.95. The molecule has 0 bridgehead atoms. The van der Waals surface area contributed by atoms with E-state index >= 15 is 0 Å². The number of hydrogen-bond acceptors (Lipinski definition) is 1. The van der Waals surface area contributed by atoms with Crippen molar-refractivity contribution in [3.8, 4) is 0 Å². The maximum Gasteiger partial charge on any atom is 0.327 e. The predicted molar refractivity (Wildman–Crippen MR) is 75.8 cm³/mol. The Balaban J connectivity index is 2.01. The van der Waals surface area contributed by atoms with Crippen LogP contribution in [0.25, 0.3) is 0 Å². The first-order valence-corrected chi connectivity index (χ1v) is 7.35. The van der Waals surface area contributed by atoms with Crippen molar-refractivity contribution in [1.82, 2.24) is 0 Å². The Morgan fingerprint density at radius 2 is 1.55 bits per heavy atom. The van der Waals surface area contributed by atoms with Gasteiger partial charge in [-0.1, -0.05) is 50.3 Å². The molecule has 0 radical (unpaired) electrons. The van der Waals surface area contributed by atoms with E-state index in [-0.39, 0.29) is 0 Å². The number of benzene rings is 1. The Morgan fingerprint density at radius 3 is 2.15 bits per heavy atom. The number of nitrogens with one attached hydrogen (secondary N) is 1. The van der Waals surface area contributed by atoms with E-state index in [1.54, 1.807) is 30.3 Å². The summed E-state index contributed by atoms with van der Waals surface area (Å²) in [5, 5.41) is 2.33. The van der Waals surface area contributed by atoms with Crippen LogP contribution in [0.4, 0.5) is 14.5 Å². The van der Waals surface area contributed by atoms with Crippen molar-refractivity contribution in [2.24, 2.45) is 5.92 Å². The first-order valence-electron chi connectivity index (χ1n) is 7.35. The summed E-state index contributed by atoms with van der Waals surface area (Å²) < 4.78 is 28.6. The normalized spacial score (nSPS) is 18.1. The molecule has 1 fully saturated rings. The van der Waals surface area contributed by atoms with Gasteiger partial charge in [-0.2, -0.15) is 8.78 Å². The summed E-state index contributed by atoms with van der Waals surface area (Å²) in [6.07, 6.45) is 5.57. The summed E-state index contributed by atoms with van der Waals surface area (Å²) in [4.78, 5) is 11.9. The molecule has 1 aromatic carbocycles. The lowest BCUT2D eigenvalue weighted by Gasteiger charge is -2.27. The fourth-order valence-corrected chi connectivity index (χ4v) is 2.74. The van der Waals surface area contributed by atoms with Crippen LogP contribution in [-0.2, 0) is 4.79 Å². The largest absolute Gasteiger partial charge is 0.327 e. The van der Waals surface area contributed by atoms with E-state index < -0.39 is 17.7 Å². The van der Waals surface area contributed by atoms with Gasteiger partial charge in [0.25, 0.3) is 5.91 Å². The molecule has 1 aliphatic rings. The van der Waals surface area contributed by atoms with E-state index in [2.05, 4.69) is 5.32 Å². The van der Waals surface area contributed by atoms with Crippen molar-refractivity contribution in [1.29, 1.82) is 0 Å². The number of carbonyl (C=O) groups is 1. The molecule has 4 heteroatoms. The van der Waals surface area contributed by atoms with Gasteiger partial charge in [0.2, 0.25) is 0 Å². The highest BCUT2D eigenvalue weighted by atomic mass is 19.3. The Kier molecular flexibility index (Phi) is 5.10. The van der Waals surface area contributed by atoms with Crippen molar-refractivity contribution >= 4 is 11.6 Å². The van der Waals surface area contributed by atoms with Gasteiger partial charge in [0, 0.05) is 11.6 Å². The molecule has 2 rings (SSSR count). The molecule has 0 unspecified atom stereocenters. The number of rotatable bonds is 3. The van der Waals surface area contributed by atoms with Crippen molar-refractivity contribution in [2.75, 3.05) is 5.32 Å². The highest BCUT2D eigenvalue weighted by Crippen LogP contribution is 2.35. The van der Waals surface area contributed by atoms with Crippen LogP contribution >= 0.6 is 0 Å². The summed E-state index contributed by atoms with van der Waals surface area (Å²) in [7, 11) is 0. The monoisotopic (exact) mass is 281 g/mol.